The van der Waals surface area contributed by atoms with Crippen molar-refractivity contribution in [1.82, 2.24) is 5.32 Å². The van der Waals surface area contributed by atoms with Crippen molar-refractivity contribution in [3.05, 3.63) is 33.3 Å². The van der Waals surface area contributed by atoms with Gasteiger partial charge >= 0.3 is 0 Å². The first-order valence-corrected chi connectivity index (χ1v) is 6.89. The Morgan fingerprint density at radius 2 is 1.88 bits per heavy atom. The van der Waals surface area contributed by atoms with Crippen molar-refractivity contribution in [3.8, 4) is 0 Å². The summed E-state index contributed by atoms with van der Waals surface area (Å²) < 4.78 is 1.21. The summed E-state index contributed by atoms with van der Waals surface area (Å²) in [5, 5.41) is 3.61. The fourth-order valence-electron chi connectivity index (χ4n) is 1.97. The molecule has 90 valence electrons. The van der Waals surface area contributed by atoms with Gasteiger partial charge in [-0.1, -0.05) is 35.8 Å². The molecule has 0 saturated heterocycles. The first-order chi connectivity index (χ1) is 7.60. The summed E-state index contributed by atoms with van der Waals surface area (Å²) in [5.74, 6) is 0. The topological polar surface area (TPSA) is 12.0 Å². The van der Waals surface area contributed by atoms with Crippen LogP contribution in [0, 0.1) is 13.8 Å². The normalized spacial score (nSPS) is 12.8. The van der Waals surface area contributed by atoms with Crippen LogP contribution >= 0.6 is 15.9 Å². The third-order valence-electron chi connectivity index (χ3n) is 2.97. The molecule has 0 spiro atoms. The zero-order valence-electron chi connectivity index (χ0n) is 10.7. The molecule has 0 saturated carbocycles. The van der Waals surface area contributed by atoms with Crippen molar-refractivity contribution < 1.29 is 0 Å². The second-order valence-electron chi connectivity index (χ2n) is 4.37. The number of halogens is 1. The number of hydrogen-bond acceptors (Lipinski definition) is 1. The van der Waals surface area contributed by atoms with Crippen LogP contribution in [0.15, 0.2) is 16.6 Å². The van der Waals surface area contributed by atoms with Crippen LogP contribution in [-0.4, -0.2) is 6.54 Å². The summed E-state index contributed by atoms with van der Waals surface area (Å²) in [6.07, 6.45) is 2.33. The van der Waals surface area contributed by atoms with Crippen LogP contribution in [0.2, 0.25) is 0 Å². The lowest BCUT2D eigenvalue weighted by Gasteiger charge is -2.20. The van der Waals surface area contributed by atoms with Gasteiger partial charge in [-0.05, 0) is 56.0 Å². The van der Waals surface area contributed by atoms with Crippen molar-refractivity contribution in [2.24, 2.45) is 0 Å². The zero-order valence-corrected chi connectivity index (χ0v) is 12.3. The predicted molar refractivity (Wildman–Crippen MR) is 74.9 cm³/mol. The molecule has 0 heterocycles. The van der Waals surface area contributed by atoms with Gasteiger partial charge in [0.15, 0.2) is 0 Å². The van der Waals surface area contributed by atoms with Crippen molar-refractivity contribution in [2.75, 3.05) is 6.54 Å². The Morgan fingerprint density at radius 3 is 2.44 bits per heavy atom. The Labute approximate surface area is 108 Å². The molecule has 2 heteroatoms. The number of aryl methyl sites for hydroxylation is 2. The first kappa shape index (κ1) is 13.7. The fourth-order valence-corrected chi connectivity index (χ4v) is 2.43. The Balaban J connectivity index is 2.95. The number of nitrogens with one attached hydrogen (secondary N) is 1. The molecular formula is C14H22BrN. The molecule has 1 N–H and O–H groups in total. The molecular weight excluding hydrogens is 262 g/mol. The van der Waals surface area contributed by atoms with Gasteiger partial charge < -0.3 is 5.32 Å². The summed E-state index contributed by atoms with van der Waals surface area (Å²) >= 11 is 3.58. The molecule has 1 atom stereocenters. The smallest absolute Gasteiger partial charge is 0.0320 e. The molecule has 1 rings (SSSR count). The Hall–Kier alpha value is -0.340. The van der Waals surface area contributed by atoms with E-state index in [0.717, 1.165) is 13.0 Å². The maximum absolute atomic E-state index is 3.61. The largest absolute Gasteiger partial charge is 0.310 e. The highest BCUT2D eigenvalue weighted by Crippen LogP contribution is 2.26. The minimum absolute atomic E-state index is 0.492. The maximum atomic E-state index is 3.61. The second-order valence-corrected chi connectivity index (χ2v) is 5.23. The SMILES string of the molecule is CCCNC(CC)c1cc(C)c(Br)cc1C. The van der Waals surface area contributed by atoms with Gasteiger partial charge in [0.05, 0.1) is 0 Å². The van der Waals surface area contributed by atoms with E-state index in [0.29, 0.717) is 6.04 Å². The molecule has 0 bridgehead atoms. The van der Waals surface area contributed by atoms with Crippen LogP contribution in [0.1, 0.15) is 49.4 Å². The highest BCUT2D eigenvalue weighted by atomic mass is 79.9. The van der Waals surface area contributed by atoms with E-state index in [-0.39, 0.29) is 0 Å². The van der Waals surface area contributed by atoms with Crippen LogP contribution in [0.4, 0.5) is 0 Å². The molecule has 0 radical (unpaired) electrons. The van der Waals surface area contributed by atoms with Crippen molar-refractivity contribution >= 4 is 15.9 Å². The van der Waals surface area contributed by atoms with Crippen molar-refractivity contribution in [2.45, 2.75) is 46.6 Å². The lowest BCUT2D eigenvalue weighted by molar-refractivity contribution is 0.516. The van der Waals surface area contributed by atoms with Crippen LogP contribution < -0.4 is 5.32 Å². The molecule has 0 aliphatic rings. The average Bonchev–Trinajstić information content (AvgIpc) is 2.26. The molecule has 1 unspecified atom stereocenters. The van der Waals surface area contributed by atoms with Crippen molar-refractivity contribution in [3.63, 3.8) is 0 Å². The number of rotatable bonds is 5. The molecule has 1 aromatic rings. The predicted octanol–water partition coefficient (Wildman–Crippen LogP) is 4.52. The van der Waals surface area contributed by atoms with Crippen LogP contribution in [0.25, 0.3) is 0 Å². The molecule has 0 aliphatic heterocycles. The molecule has 1 aromatic carbocycles. The highest BCUT2D eigenvalue weighted by Gasteiger charge is 2.12. The molecule has 0 fully saturated rings. The van der Waals surface area contributed by atoms with E-state index < -0.39 is 0 Å². The van der Waals surface area contributed by atoms with Gasteiger partial charge in [0.25, 0.3) is 0 Å². The van der Waals surface area contributed by atoms with E-state index in [9.17, 15) is 0 Å². The molecule has 1 nitrogen and oxygen atoms in total. The molecule has 0 aliphatic carbocycles. The van der Waals surface area contributed by atoms with E-state index in [2.05, 4.69) is 61.1 Å². The monoisotopic (exact) mass is 283 g/mol. The quantitative estimate of drug-likeness (QED) is 0.838. The summed E-state index contributed by atoms with van der Waals surface area (Å²) in [7, 11) is 0. The van der Waals surface area contributed by atoms with E-state index in [1.807, 2.05) is 0 Å². The summed E-state index contributed by atoms with van der Waals surface area (Å²) in [5.41, 5.74) is 4.13. The average molecular weight is 284 g/mol. The van der Waals surface area contributed by atoms with Gasteiger partial charge in [-0.3, -0.25) is 0 Å². The lowest BCUT2D eigenvalue weighted by atomic mass is 9.97. The highest BCUT2D eigenvalue weighted by molar-refractivity contribution is 9.10. The zero-order chi connectivity index (χ0) is 12.1. The minimum Gasteiger partial charge on any atom is -0.310 e. The Morgan fingerprint density at radius 1 is 1.19 bits per heavy atom. The fraction of sp³-hybridized carbons (Fsp3) is 0.571. The Bertz CT molecular complexity index is 347. The number of hydrogen-bond donors (Lipinski definition) is 1. The third kappa shape index (κ3) is 3.33. The molecule has 0 amide bonds. The van der Waals surface area contributed by atoms with Gasteiger partial charge in [-0.25, -0.2) is 0 Å². The van der Waals surface area contributed by atoms with Gasteiger partial charge in [-0.2, -0.15) is 0 Å². The van der Waals surface area contributed by atoms with E-state index in [1.54, 1.807) is 0 Å². The summed E-state index contributed by atoms with van der Waals surface area (Å²) in [4.78, 5) is 0. The lowest BCUT2D eigenvalue weighted by Crippen LogP contribution is -2.22. The summed E-state index contributed by atoms with van der Waals surface area (Å²) in [6.45, 7) is 9.88. The Kier molecular flexibility index (Phi) is 5.50. The maximum Gasteiger partial charge on any atom is 0.0320 e. The molecule has 0 aromatic heterocycles. The van der Waals surface area contributed by atoms with Crippen LogP contribution in [0.5, 0.6) is 0 Å². The van der Waals surface area contributed by atoms with Gasteiger partial charge in [0, 0.05) is 10.5 Å². The van der Waals surface area contributed by atoms with Crippen molar-refractivity contribution in [1.29, 1.82) is 0 Å². The van der Waals surface area contributed by atoms with E-state index >= 15 is 0 Å². The first-order valence-electron chi connectivity index (χ1n) is 6.10. The minimum atomic E-state index is 0.492. The van der Waals surface area contributed by atoms with Crippen LogP contribution in [-0.2, 0) is 0 Å². The van der Waals surface area contributed by atoms with Crippen LogP contribution in [0.3, 0.4) is 0 Å². The standard InChI is InChI=1S/C14H22BrN/c1-5-7-16-14(6-2)12-8-11(4)13(15)9-10(12)3/h8-9,14,16H,5-7H2,1-4H3. The van der Waals surface area contributed by atoms with E-state index in [1.165, 1.54) is 27.6 Å². The van der Waals surface area contributed by atoms with Gasteiger partial charge in [0.1, 0.15) is 0 Å². The van der Waals surface area contributed by atoms with Gasteiger partial charge in [0.2, 0.25) is 0 Å². The molecule has 16 heavy (non-hydrogen) atoms. The third-order valence-corrected chi connectivity index (χ3v) is 3.83. The second kappa shape index (κ2) is 6.41. The number of benzene rings is 1. The van der Waals surface area contributed by atoms with Gasteiger partial charge in [-0.15, -0.1) is 0 Å². The summed E-state index contributed by atoms with van der Waals surface area (Å²) in [6, 6.07) is 5.02. The van der Waals surface area contributed by atoms with E-state index in [4.69, 9.17) is 0 Å².